The van der Waals surface area contributed by atoms with Crippen LogP contribution in [0.4, 0.5) is 0 Å². The molecule has 1 atom stereocenters. The molecular weight excluding hydrogens is 268 g/mol. The van der Waals surface area contributed by atoms with Crippen LogP contribution in [0, 0.1) is 5.92 Å². The molecule has 1 aliphatic carbocycles. The lowest BCUT2D eigenvalue weighted by atomic mass is 9.84. The van der Waals surface area contributed by atoms with Crippen LogP contribution in [0.5, 0.6) is 11.8 Å². The number of rotatable bonds is 5. The van der Waals surface area contributed by atoms with Gasteiger partial charge in [-0.3, -0.25) is 11.3 Å². The molecule has 1 aromatic rings. The second-order valence-electron chi connectivity index (χ2n) is 5.56. The van der Waals surface area contributed by atoms with E-state index >= 15 is 0 Å². The lowest BCUT2D eigenvalue weighted by molar-refractivity contribution is 0.273. The maximum absolute atomic E-state index is 5.82. The highest BCUT2D eigenvalue weighted by molar-refractivity contribution is 5.26. The van der Waals surface area contributed by atoms with Crippen molar-refractivity contribution in [1.29, 1.82) is 0 Å². The largest absolute Gasteiger partial charge is 0.480 e. The average molecular weight is 294 g/mol. The first-order chi connectivity index (χ1) is 10.3. The molecule has 0 aliphatic heterocycles. The Morgan fingerprint density at radius 1 is 1.14 bits per heavy atom. The first kappa shape index (κ1) is 16.0. The van der Waals surface area contributed by atoms with Crippen LogP contribution in [-0.2, 0) is 0 Å². The van der Waals surface area contributed by atoms with Crippen molar-refractivity contribution in [3.05, 3.63) is 11.9 Å². The lowest BCUT2D eigenvalue weighted by Gasteiger charge is -2.28. The SMILES string of the molecule is COc1cnc(C(NN)C2CCCCCCC2)c(OC)n1. The van der Waals surface area contributed by atoms with Crippen LogP contribution in [0.3, 0.4) is 0 Å². The number of methoxy groups -OCH3 is 2. The van der Waals surface area contributed by atoms with Crippen LogP contribution in [0.2, 0.25) is 0 Å². The number of nitrogens with two attached hydrogens (primary N) is 1. The maximum atomic E-state index is 5.82. The minimum absolute atomic E-state index is 0.0311. The maximum Gasteiger partial charge on any atom is 0.240 e. The van der Waals surface area contributed by atoms with Crippen LogP contribution in [0.1, 0.15) is 56.7 Å². The van der Waals surface area contributed by atoms with E-state index in [4.69, 9.17) is 15.3 Å². The van der Waals surface area contributed by atoms with Gasteiger partial charge in [0.2, 0.25) is 11.8 Å². The molecule has 1 unspecified atom stereocenters. The predicted octanol–water partition coefficient (Wildman–Crippen LogP) is 2.36. The van der Waals surface area contributed by atoms with E-state index in [1.165, 1.54) is 32.1 Å². The second-order valence-corrected chi connectivity index (χ2v) is 5.56. The molecule has 0 spiro atoms. The van der Waals surface area contributed by atoms with Crippen LogP contribution < -0.4 is 20.7 Å². The Morgan fingerprint density at radius 3 is 2.38 bits per heavy atom. The fraction of sp³-hybridized carbons (Fsp3) is 0.733. The summed E-state index contributed by atoms with van der Waals surface area (Å²) in [6.07, 6.45) is 10.4. The Balaban J connectivity index is 2.22. The topological polar surface area (TPSA) is 82.3 Å². The van der Waals surface area contributed by atoms with Crippen molar-refractivity contribution >= 4 is 0 Å². The van der Waals surface area contributed by atoms with Gasteiger partial charge in [-0.1, -0.05) is 32.1 Å². The first-order valence-electron chi connectivity index (χ1n) is 7.71. The highest BCUT2D eigenvalue weighted by Crippen LogP contribution is 2.35. The molecule has 1 aromatic heterocycles. The molecule has 1 aliphatic rings. The van der Waals surface area contributed by atoms with E-state index in [2.05, 4.69) is 15.4 Å². The monoisotopic (exact) mass is 294 g/mol. The highest BCUT2D eigenvalue weighted by Gasteiger charge is 2.27. The molecule has 1 fully saturated rings. The van der Waals surface area contributed by atoms with Gasteiger partial charge in [0.1, 0.15) is 5.69 Å². The van der Waals surface area contributed by atoms with Gasteiger partial charge in [0.05, 0.1) is 26.5 Å². The third kappa shape index (κ3) is 4.04. The Kier molecular flexibility index (Phi) is 6.20. The highest BCUT2D eigenvalue weighted by atomic mass is 16.5. The molecule has 1 heterocycles. The molecular formula is C15H26N4O2. The van der Waals surface area contributed by atoms with Crippen molar-refractivity contribution in [1.82, 2.24) is 15.4 Å². The van der Waals surface area contributed by atoms with Crippen LogP contribution >= 0.6 is 0 Å². The van der Waals surface area contributed by atoms with E-state index in [0.29, 0.717) is 17.7 Å². The molecule has 3 N–H and O–H groups in total. The van der Waals surface area contributed by atoms with Crippen molar-refractivity contribution in [3.8, 4) is 11.8 Å². The molecule has 2 rings (SSSR count). The summed E-state index contributed by atoms with van der Waals surface area (Å²) < 4.78 is 10.5. The average Bonchev–Trinajstić information content (AvgIpc) is 2.49. The van der Waals surface area contributed by atoms with Gasteiger partial charge in [0, 0.05) is 0 Å². The van der Waals surface area contributed by atoms with Crippen LogP contribution in [0.25, 0.3) is 0 Å². The lowest BCUT2D eigenvalue weighted by Crippen LogP contribution is -2.35. The number of nitrogens with one attached hydrogen (secondary N) is 1. The van der Waals surface area contributed by atoms with E-state index in [1.54, 1.807) is 20.4 Å². The number of hydrogen-bond donors (Lipinski definition) is 2. The third-order valence-corrected chi connectivity index (χ3v) is 4.24. The fourth-order valence-corrected chi connectivity index (χ4v) is 3.09. The van der Waals surface area contributed by atoms with Gasteiger partial charge in [0.15, 0.2) is 0 Å². The number of ether oxygens (including phenoxy) is 2. The van der Waals surface area contributed by atoms with Gasteiger partial charge in [-0.25, -0.2) is 4.98 Å². The summed E-state index contributed by atoms with van der Waals surface area (Å²) in [5.41, 5.74) is 3.69. The van der Waals surface area contributed by atoms with Gasteiger partial charge < -0.3 is 9.47 Å². The van der Waals surface area contributed by atoms with Crippen molar-refractivity contribution < 1.29 is 9.47 Å². The molecule has 0 saturated heterocycles. The van der Waals surface area contributed by atoms with Gasteiger partial charge in [-0.15, -0.1) is 0 Å². The second kappa shape index (κ2) is 8.14. The molecule has 1 saturated carbocycles. The minimum atomic E-state index is -0.0311. The summed E-state index contributed by atoms with van der Waals surface area (Å²) in [7, 11) is 3.16. The van der Waals surface area contributed by atoms with Gasteiger partial charge in [-0.2, -0.15) is 4.98 Å². The number of nitrogens with zero attached hydrogens (tertiary/aromatic N) is 2. The third-order valence-electron chi connectivity index (χ3n) is 4.24. The van der Waals surface area contributed by atoms with E-state index in [1.807, 2.05) is 0 Å². The van der Waals surface area contributed by atoms with Gasteiger partial charge in [0.25, 0.3) is 0 Å². The molecule has 0 radical (unpaired) electrons. The van der Waals surface area contributed by atoms with Crippen molar-refractivity contribution in [2.24, 2.45) is 11.8 Å². The number of aromatic nitrogens is 2. The molecule has 118 valence electrons. The molecule has 6 nitrogen and oxygen atoms in total. The zero-order valence-corrected chi connectivity index (χ0v) is 13.0. The summed E-state index contributed by atoms with van der Waals surface area (Å²) >= 11 is 0. The Bertz CT molecular complexity index is 434. The molecule has 0 amide bonds. The zero-order valence-electron chi connectivity index (χ0n) is 13.0. The molecule has 0 aromatic carbocycles. The Morgan fingerprint density at radius 2 is 1.81 bits per heavy atom. The van der Waals surface area contributed by atoms with Gasteiger partial charge in [-0.05, 0) is 18.8 Å². The molecule has 6 heteroatoms. The van der Waals surface area contributed by atoms with E-state index < -0.39 is 0 Å². The predicted molar refractivity (Wildman–Crippen MR) is 81.0 cm³/mol. The quantitative estimate of drug-likeness (QED) is 0.641. The molecule has 0 bridgehead atoms. The first-order valence-corrected chi connectivity index (χ1v) is 7.71. The van der Waals surface area contributed by atoms with E-state index in [9.17, 15) is 0 Å². The van der Waals surface area contributed by atoms with Crippen molar-refractivity contribution in [3.63, 3.8) is 0 Å². The normalized spacial score (nSPS) is 18.6. The summed E-state index contributed by atoms with van der Waals surface area (Å²) in [5.74, 6) is 7.21. The van der Waals surface area contributed by atoms with Crippen molar-refractivity contribution in [2.75, 3.05) is 14.2 Å². The smallest absolute Gasteiger partial charge is 0.240 e. The Hall–Kier alpha value is -1.40. The van der Waals surface area contributed by atoms with E-state index in [0.717, 1.165) is 18.5 Å². The minimum Gasteiger partial charge on any atom is -0.480 e. The summed E-state index contributed by atoms with van der Waals surface area (Å²) in [6, 6.07) is -0.0311. The molecule has 21 heavy (non-hydrogen) atoms. The summed E-state index contributed by atoms with van der Waals surface area (Å²) in [5, 5.41) is 0. The van der Waals surface area contributed by atoms with E-state index in [-0.39, 0.29) is 6.04 Å². The summed E-state index contributed by atoms with van der Waals surface area (Å²) in [4.78, 5) is 8.78. The Labute approximate surface area is 126 Å². The number of hydrazine groups is 1. The van der Waals surface area contributed by atoms with Gasteiger partial charge >= 0.3 is 0 Å². The standard InChI is InChI=1S/C15H26N4O2/c1-20-12-10-17-14(15(18-12)21-2)13(19-16)11-8-6-4-3-5-7-9-11/h10-11,13,19H,3-9,16H2,1-2H3. The fourth-order valence-electron chi connectivity index (χ4n) is 3.09. The summed E-state index contributed by atoms with van der Waals surface area (Å²) in [6.45, 7) is 0. The number of hydrogen-bond acceptors (Lipinski definition) is 6. The van der Waals surface area contributed by atoms with Crippen LogP contribution in [-0.4, -0.2) is 24.2 Å². The zero-order chi connectivity index (χ0) is 15.1. The van der Waals surface area contributed by atoms with Crippen molar-refractivity contribution in [2.45, 2.75) is 51.0 Å². The van der Waals surface area contributed by atoms with Crippen LogP contribution in [0.15, 0.2) is 6.20 Å².